The van der Waals surface area contributed by atoms with Crippen LogP contribution in [0.1, 0.15) is 22.7 Å². The molecule has 1 amide bonds. The first-order valence-corrected chi connectivity index (χ1v) is 11.3. The van der Waals surface area contributed by atoms with Crippen molar-refractivity contribution < 1.29 is 17.9 Å². The molecule has 0 fully saturated rings. The molecule has 6 nitrogen and oxygen atoms in total. The van der Waals surface area contributed by atoms with Gasteiger partial charge in [0.1, 0.15) is 5.75 Å². The molecule has 31 heavy (non-hydrogen) atoms. The van der Waals surface area contributed by atoms with E-state index in [0.717, 1.165) is 21.0 Å². The van der Waals surface area contributed by atoms with Gasteiger partial charge in [0, 0.05) is 7.05 Å². The van der Waals surface area contributed by atoms with Gasteiger partial charge in [-0.2, -0.15) is 4.31 Å². The van der Waals surface area contributed by atoms with Gasteiger partial charge >= 0.3 is 0 Å². The number of amides is 1. The molecular weight excluding hydrogens is 412 g/mol. The molecule has 0 bridgehead atoms. The number of nitrogens with zero attached hydrogens (tertiary/aromatic N) is 1. The molecule has 0 heterocycles. The monoisotopic (exact) mass is 438 g/mol. The van der Waals surface area contributed by atoms with Gasteiger partial charge in [-0.25, -0.2) is 8.42 Å². The summed E-state index contributed by atoms with van der Waals surface area (Å²) in [5.74, 6) is 0.165. The number of nitrogens with one attached hydrogen (secondary N) is 1. The number of carbonyl (C=O) groups excluding carboxylic acids is 1. The SMILES string of the molecule is COc1ccc(S(=O)(=O)N(C)CC(=O)N[C@@H](c2ccccc2)c2cccc(C)c2)cc1. The molecule has 0 unspecified atom stereocenters. The van der Waals surface area contributed by atoms with Gasteiger partial charge in [-0.1, -0.05) is 60.2 Å². The number of hydrogen-bond acceptors (Lipinski definition) is 4. The van der Waals surface area contributed by atoms with Crippen LogP contribution in [0.15, 0.2) is 83.8 Å². The Labute approximate surface area is 183 Å². The second kappa shape index (κ2) is 9.76. The molecule has 3 rings (SSSR count). The second-order valence-electron chi connectivity index (χ2n) is 7.26. The number of benzene rings is 3. The zero-order chi connectivity index (χ0) is 22.4. The van der Waals surface area contributed by atoms with Crippen LogP contribution in [0.5, 0.6) is 5.75 Å². The summed E-state index contributed by atoms with van der Waals surface area (Å²) in [5, 5.41) is 2.98. The van der Waals surface area contributed by atoms with Crippen LogP contribution in [0.3, 0.4) is 0 Å². The molecule has 162 valence electrons. The maximum absolute atomic E-state index is 12.8. The highest BCUT2D eigenvalue weighted by molar-refractivity contribution is 7.89. The van der Waals surface area contributed by atoms with Gasteiger partial charge in [0.25, 0.3) is 0 Å². The molecule has 0 saturated carbocycles. The Hall–Kier alpha value is -3.16. The lowest BCUT2D eigenvalue weighted by atomic mass is 9.97. The van der Waals surface area contributed by atoms with Crippen molar-refractivity contribution in [2.45, 2.75) is 17.9 Å². The number of carbonyl (C=O) groups is 1. The molecule has 7 heteroatoms. The summed E-state index contributed by atoms with van der Waals surface area (Å²) in [7, 11) is -0.910. The second-order valence-corrected chi connectivity index (χ2v) is 9.31. The molecule has 0 aliphatic heterocycles. The average molecular weight is 439 g/mol. The van der Waals surface area contributed by atoms with Crippen molar-refractivity contribution in [1.29, 1.82) is 0 Å². The molecule has 0 spiro atoms. The van der Waals surface area contributed by atoms with Gasteiger partial charge in [-0.3, -0.25) is 4.79 Å². The first-order valence-electron chi connectivity index (χ1n) is 9.82. The fourth-order valence-corrected chi connectivity index (χ4v) is 4.40. The molecule has 3 aromatic rings. The molecule has 0 aliphatic rings. The molecular formula is C24H26N2O4S. The van der Waals surface area contributed by atoms with E-state index in [2.05, 4.69) is 5.32 Å². The van der Waals surface area contributed by atoms with Crippen molar-refractivity contribution in [1.82, 2.24) is 9.62 Å². The Morgan fingerprint density at radius 1 is 0.968 bits per heavy atom. The van der Waals surface area contributed by atoms with Crippen LogP contribution in [-0.4, -0.2) is 39.3 Å². The summed E-state index contributed by atoms with van der Waals surface area (Å²) in [6.45, 7) is 1.69. The number of hydrogen-bond donors (Lipinski definition) is 1. The summed E-state index contributed by atoms with van der Waals surface area (Å²) in [5.41, 5.74) is 2.93. The summed E-state index contributed by atoms with van der Waals surface area (Å²) >= 11 is 0. The predicted octanol–water partition coefficient (Wildman–Crippen LogP) is 3.53. The van der Waals surface area contributed by atoms with Crippen molar-refractivity contribution in [3.8, 4) is 5.75 Å². The molecule has 0 aliphatic carbocycles. The standard InChI is InChI=1S/C24H26N2O4S/c1-18-8-7-11-20(16-18)24(19-9-5-4-6-10-19)25-23(27)17-26(2)31(28,29)22-14-12-21(30-3)13-15-22/h4-16,24H,17H2,1-3H3,(H,25,27)/t24-/m0/s1. The predicted molar refractivity (Wildman–Crippen MR) is 120 cm³/mol. The largest absolute Gasteiger partial charge is 0.497 e. The normalized spacial score (nSPS) is 12.4. The third-order valence-electron chi connectivity index (χ3n) is 4.95. The highest BCUT2D eigenvalue weighted by Gasteiger charge is 2.25. The minimum absolute atomic E-state index is 0.0990. The van der Waals surface area contributed by atoms with Crippen LogP contribution >= 0.6 is 0 Å². The highest BCUT2D eigenvalue weighted by atomic mass is 32.2. The van der Waals surface area contributed by atoms with E-state index in [1.165, 1.54) is 26.3 Å². The van der Waals surface area contributed by atoms with Crippen LogP contribution in [0.2, 0.25) is 0 Å². The van der Waals surface area contributed by atoms with Crippen molar-refractivity contribution in [3.05, 3.63) is 95.6 Å². The van der Waals surface area contributed by atoms with Crippen LogP contribution < -0.4 is 10.1 Å². The van der Waals surface area contributed by atoms with Crippen LogP contribution in [0.25, 0.3) is 0 Å². The molecule has 0 aromatic heterocycles. The number of sulfonamides is 1. The third kappa shape index (κ3) is 5.51. The lowest BCUT2D eigenvalue weighted by Crippen LogP contribution is -2.40. The quantitative estimate of drug-likeness (QED) is 0.584. The van der Waals surface area contributed by atoms with E-state index in [1.54, 1.807) is 12.1 Å². The van der Waals surface area contributed by atoms with Crippen molar-refractivity contribution in [3.63, 3.8) is 0 Å². The lowest BCUT2D eigenvalue weighted by molar-refractivity contribution is -0.121. The van der Waals surface area contributed by atoms with Crippen LogP contribution in [0, 0.1) is 6.92 Å². The Morgan fingerprint density at radius 2 is 1.61 bits per heavy atom. The van der Waals surface area contributed by atoms with E-state index >= 15 is 0 Å². The Kier molecular flexibility index (Phi) is 7.09. The number of aryl methyl sites for hydroxylation is 1. The average Bonchev–Trinajstić information content (AvgIpc) is 2.78. The van der Waals surface area contributed by atoms with Gasteiger partial charge < -0.3 is 10.1 Å². The first kappa shape index (κ1) is 22.5. The minimum atomic E-state index is -3.81. The van der Waals surface area contributed by atoms with E-state index in [0.29, 0.717) is 5.75 Å². The summed E-state index contributed by atoms with van der Waals surface area (Å²) in [6, 6.07) is 23.2. The van der Waals surface area contributed by atoms with Gasteiger partial charge in [-0.05, 0) is 42.3 Å². The van der Waals surface area contributed by atoms with Gasteiger partial charge in [0.05, 0.1) is 24.6 Å². The maximum Gasteiger partial charge on any atom is 0.243 e. The smallest absolute Gasteiger partial charge is 0.243 e. The van der Waals surface area contributed by atoms with E-state index in [9.17, 15) is 13.2 Å². The van der Waals surface area contributed by atoms with Crippen molar-refractivity contribution in [2.75, 3.05) is 20.7 Å². The Morgan fingerprint density at radius 3 is 2.23 bits per heavy atom. The number of methoxy groups -OCH3 is 1. The molecule has 1 atom stereocenters. The first-order chi connectivity index (χ1) is 14.8. The van der Waals surface area contributed by atoms with Gasteiger partial charge in [0.2, 0.25) is 15.9 Å². The third-order valence-corrected chi connectivity index (χ3v) is 6.77. The molecule has 0 radical (unpaired) electrons. The van der Waals surface area contributed by atoms with Crippen LogP contribution in [0.4, 0.5) is 0 Å². The molecule has 3 aromatic carbocycles. The van der Waals surface area contributed by atoms with Crippen LogP contribution in [-0.2, 0) is 14.8 Å². The zero-order valence-corrected chi connectivity index (χ0v) is 18.6. The van der Waals surface area contributed by atoms with Gasteiger partial charge in [-0.15, -0.1) is 0 Å². The van der Waals surface area contributed by atoms with E-state index < -0.39 is 15.9 Å². The zero-order valence-electron chi connectivity index (χ0n) is 17.8. The molecule has 0 saturated heterocycles. The lowest BCUT2D eigenvalue weighted by Gasteiger charge is -2.22. The maximum atomic E-state index is 12.8. The Bertz CT molecular complexity index is 1130. The summed E-state index contributed by atoms with van der Waals surface area (Å²) in [4.78, 5) is 12.9. The van der Waals surface area contributed by atoms with E-state index in [-0.39, 0.29) is 17.5 Å². The van der Waals surface area contributed by atoms with Crippen molar-refractivity contribution in [2.24, 2.45) is 0 Å². The fraction of sp³-hybridized carbons (Fsp3) is 0.208. The Balaban J connectivity index is 1.78. The number of rotatable bonds is 8. The number of ether oxygens (including phenoxy) is 1. The van der Waals surface area contributed by atoms with Crippen molar-refractivity contribution >= 4 is 15.9 Å². The highest BCUT2D eigenvalue weighted by Crippen LogP contribution is 2.23. The molecule has 1 N–H and O–H groups in total. The topological polar surface area (TPSA) is 75.7 Å². The summed E-state index contributed by atoms with van der Waals surface area (Å²) < 4.78 is 31.8. The van der Waals surface area contributed by atoms with E-state index in [4.69, 9.17) is 4.74 Å². The number of likely N-dealkylation sites (N-methyl/N-ethyl adjacent to an activating group) is 1. The minimum Gasteiger partial charge on any atom is -0.497 e. The fourth-order valence-electron chi connectivity index (χ4n) is 3.28. The summed E-state index contributed by atoms with van der Waals surface area (Å²) in [6.07, 6.45) is 0. The van der Waals surface area contributed by atoms with Gasteiger partial charge in [0.15, 0.2) is 0 Å². The van der Waals surface area contributed by atoms with E-state index in [1.807, 2.05) is 61.5 Å².